The van der Waals surface area contributed by atoms with E-state index in [-0.39, 0.29) is 6.04 Å². The van der Waals surface area contributed by atoms with Gasteiger partial charge in [0, 0.05) is 38.7 Å². The monoisotopic (exact) mass is 336 g/mol. The molecular formula is C14H20N6O2S. The van der Waals surface area contributed by atoms with Crippen molar-refractivity contribution in [3.63, 3.8) is 0 Å². The Hall–Kier alpha value is -1.84. The van der Waals surface area contributed by atoms with Gasteiger partial charge in [-0.15, -0.1) is 0 Å². The zero-order valence-corrected chi connectivity index (χ0v) is 14.2. The largest absolute Gasteiger partial charge is 0.343 e. The molecule has 3 rings (SSSR count). The van der Waals surface area contributed by atoms with Gasteiger partial charge in [0.25, 0.3) is 10.2 Å². The highest BCUT2D eigenvalue weighted by molar-refractivity contribution is 7.86. The van der Waals surface area contributed by atoms with Crippen molar-refractivity contribution in [2.24, 2.45) is 0 Å². The standard InChI is InChI=1S/C14H20N6O2S/c1-10-9-11(13-15-6-7-16-13)18-14(17-10)12-5-4-8-20(12)23(21,22)19(2)3/h6-7,9,12H,4-5,8H2,1-3H3,(H,15,16). The molecule has 0 aliphatic carbocycles. The molecule has 1 unspecified atom stereocenters. The molecule has 3 heterocycles. The summed E-state index contributed by atoms with van der Waals surface area (Å²) in [4.78, 5) is 16.2. The fourth-order valence-electron chi connectivity index (χ4n) is 2.75. The highest BCUT2D eigenvalue weighted by atomic mass is 32.2. The zero-order chi connectivity index (χ0) is 16.6. The summed E-state index contributed by atoms with van der Waals surface area (Å²) in [5, 5.41) is 0. The van der Waals surface area contributed by atoms with Gasteiger partial charge in [-0.1, -0.05) is 0 Å². The van der Waals surface area contributed by atoms with Gasteiger partial charge in [0.15, 0.2) is 5.82 Å². The second kappa shape index (κ2) is 5.99. The van der Waals surface area contributed by atoms with Crippen LogP contribution in [0, 0.1) is 6.92 Å². The molecule has 0 spiro atoms. The summed E-state index contributed by atoms with van der Waals surface area (Å²) in [5.74, 6) is 1.18. The van der Waals surface area contributed by atoms with E-state index in [0.29, 0.717) is 30.3 Å². The van der Waals surface area contributed by atoms with Crippen LogP contribution in [-0.2, 0) is 10.2 Å². The Morgan fingerprint density at radius 1 is 1.35 bits per heavy atom. The van der Waals surface area contributed by atoms with Crippen LogP contribution in [-0.4, -0.2) is 57.6 Å². The minimum absolute atomic E-state index is 0.337. The molecule has 1 saturated heterocycles. The van der Waals surface area contributed by atoms with Gasteiger partial charge >= 0.3 is 0 Å². The number of rotatable bonds is 4. The number of H-pyrrole nitrogens is 1. The molecule has 23 heavy (non-hydrogen) atoms. The van der Waals surface area contributed by atoms with Gasteiger partial charge in [0.1, 0.15) is 11.5 Å². The van der Waals surface area contributed by atoms with Crippen LogP contribution in [0.1, 0.15) is 30.4 Å². The Morgan fingerprint density at radius 2 is 2.13 bits per heavy atom. The van der Waals surface area contributed by atoms with Crippen LogP contribution in [0.25, 0.3) is 11.5 Å². The Kier molecular flexibility index (Phi) is 4.17. The second-order valence-electron chi connectivity index (χ2n) is 5.75. The summed E-state index contributed by atoms with van der Waals surface area (Å²) in [6.07, 6.45) is 4.90. The molecule has 8 nitrogen and oxygen atoms in total. The highest BCUT2D eigenvalue weighted by Crippen LogP contribution is 2.33. The summed E-state index contributed by atoms with van der Waals surface area (Å²) >= 11 is 0. The molecule has 1 fully saturated rings. The fourth-order valence-corrected chi connectivity index (χ4v) is 4.05. The van der Waals surface area contributed by atoms with Crippen molar-refractivity contribution in [1.29, 1.82) is 0 Å². The van der Waals surface area contributed by atoms with Crippen LogP contribution >= 0.6 is 0 Å². The van der Waals surface area contributed by atoms with Crippen LogP contribution in [0.3, 0.4) is 0 Å². The topological polar surface area (TPSA) is 95.1 Å². The van der Waals surface area contributed by atoms with Gasteiger partial charge in [-0.2, -0.15) is 17.0 Å². The molecule has 2 aromatic rings. The lowest BCUT2D eigenvalue weighted by atomic mass is 10.2. The molecule has 1 aliphatic heterocycles. The van der Waals surface area contributed by atoms with E-state index in [4.69, 9.17) is 0 Å². The number of hydrogen-bond acceptors (Lipinski definition) is 5. The van der Waals surface area contributed by atoms with Crippen LogP contribution < -0.4 is 0 Å². The third-order valence-corrected chi connectivity index (χ3v) is 5.82. The van der Waals surface area contributed by atoms with Crippen molar-refractivity contribution in [3.05, 3.63) is 30.0 Å². The van der Waals surface area contributed by atoms with Gasteiger partial charge < -0.3 is 4.98 Å². The van der Waals surface area contributed by atoms with Crippen molar-refractivity contribution in [2.75, 3.05) is 20.6 Å². The molecule has 0 radical (unpaired) electrons. The molecular weight excluding hydrogens is 316 g/mol. The summed E-state index contributed by atoms with van der Waals surface area (Å²) in [6.45, 7) is 2.36. The van der Waals surface area contributed by atoms with E-state index < -0.39 is 10.2 Å². The van der Waals surface area contributed by atoms with Crippen LogP contribution in [0.2, 0.25) is 0 Å². The molecule has 1 atom stereocenters. The lowest BCUT2D eigenvalue weighted by molar-refractivity contribution is 0.352. The second-order valence-corrected chi connectivity index (χ2v) is 7.84. The quantitative estimate of drug-likeness (QED) is 0.903. The van der Waals surface area contributed by atoms with E-state index in [1.807, 2.05) is 13.0 Å². The molecule has 1 N–H and O–H groups in total. The van der Waals surface area contributed by atoms with Gasteiger partial charge in [-0.25, -0.2) is 15.0 Å². The Bertz CT molecular complexity index is 788. The number of aromatic amines is 1. The number of aromatic nitrogens is 4. The summed E-state index contributed by atoms with van der Waals surface area (Å²) in [5.41, 5.74) is 1.46. The molecule has 9 heteroatoms. The normalized spacial score (nSPS) is 19.6. The first kappa shape index (κ1) is 16.0. The predicted molar refractivity (Wildman–Crippen MR) is 85.6 cm³/mol. The summed E-state index contributed by atoms with van der Waals surface area (Å²) < 4.78 is 27.7. The van der Waals surface area contributed by atoms with E-state index in [9.17, 15) is 8.42 Å². The Morgan fingerprint density at radius 3 is 2.78 bits per heavy atom. The minimum Gasteiger partial charge on any atom is -0.343 e. The maximum absolute atomic E-state index is 12.5. The molecule has 124 valence electrons. The SMILES string of the molecule is Cc1cc(-c2ncc[nH]2)nc(C2CCCN2S(=O)(=O)N(C)C)n1. The van der Waals surface area contributed by atoms with E-state index in [1.165, 1.54) is 22.7 Å². The lowest BCUT2D eigenvalue weighted by Gasteiger charge is -2.26. The Labute approximate surface area is 135 Å². The van der Waals surface area contributed by atoms with Crippen molar-refractivity contribution in [2.45, 2.75) is 25.8 Å². The maximum atomic E-state index is 12.5. The zero-order valence-electron chi connectivity index (χ0n) is 13.4. The molecule has 0 bridgehead atoms. The first-order valence-electron chi connectivity index (χ1n) is 7.44. The van der Waals surface area contributed by atoms with Crippen LogP contribution in [0.15, 0.2) is 18.5 Å². The van der Waals surface area contributed by atoms with E-state index >= 15 is 0 Å². The summed E-state index contributed by atoms with van der Waals surface area (Å²) in [7, 11) is -0.415. The third kappa shape index (κ3) is 2.99. The molecule has 0 aromatic carbocycles. The van der Waals surface area contributed by atoms with Crippen molar-refractivity contribution >= 4 is 10.2 Å². The Balaban J connectivity index is 2.01. The number of hydrogen-bond donors (Lipinski definition) is 1. The first-order chi connectivity index (χ1) is 10.9. The van der Waals surface area contributed by atoms with Crippen molar-refractivity contribution in [3.8, 4) is 11.5 Å². The van der Waals surface area contributed by atoms with E-state index in [2.05, 4.69) is 19.9 Å². The minimum atomic E-state index is -3.49. The smallest absolute Gasteiger partial charge is 0.282 e. The number of imidazole rings is 1. The van der Waals surface area contributed by atoms with Crippen molar-refractivity contribution < 1.29 is 8.42 Å². The maximum Gasteiger partial charge on any atom is 0.282 e. The molecule has 1 aliphatic rings. The van der Waals surface area contributed by atoms with Gasteiger partial charge in [-0.05, 0) is 25.8 Å². The van der Waals surface area contributed by atoms with Crippen molar-refractivity contribution in [1.82, 2.24) is 28.5 Å². The summed E-state index contributed by atoms with van der Waals surface area (Å²) in [6, 6.07) is 1.50. The predicted octanol–water partition coefficient (Wildman–Crippen LogP) is 1.12. The van der Waals surface area contributed by atoms with Gasteiger partial charge in [-0.3, -0.25) is 0 Å². The lowest BCUT2D eigenvalue weighted by Crippen LogP contribution is -2.40. The number of aryl methyl sites for hydroxylation is 1. The highest BCUT2D eigenvalue weighted by Gasteiger charge is 2.38. The average molecular weight is 336 g/mol. The van der Waals surface area contributed by atoms with E-state index in [1.54, 1.807) is 12.4 Å². The number of nitrogens with one attached hydrogen (secondary N) is 1. The van der Waals surface area contributed by atoms with Gasteiger partial charge in [0.05, 0.1) is 6.04 Å². The fraction of sp³-hybridized carbons (Fsp3) is 0.500. The first-order valence-corrected chi connectivity index (χ1v) is 8.84. The molecule has 0 saturated carbocycles. The molecule has 0 amide bonds. The van der Waals surface area contributed by atoms with Crippen LogP contribution in [0.4, 0.5) is 0 Å². The van der Waals surface area contributed by atoms with Gasteiger partial charge in [0.2, 0.25) is 0 Å². The third-order valence-electron chi connectivity index (χ3n) is 3.87. The van der Waals surface area contributed by atoms with E-state index in [0.717, 1.165) is 12.1 Å². The molecule has 2 aromatic heterocycles. The average Bonchev–Trinajstić information content (AvgIpc) is 3.18. The number of nitrogens with zero attached hydrogens (tertiary/aromatic N) is 5. The van der Waals surface area contributed by atoms with Crippen LogP contribution in [0.5, 0.6) is 0 Å².